The van der Waals surface area contributed by atoms with Crippen molar-refractivity contribution in [3.63, 3.8) is 0 Å². The first-order valence-corrected chi connectivity index (χ1v) is 12.7. The monoisotopic (exact) mass is 527 g/mol. The molecule has 2 aromatic rings. The average molecular weight is 528 g/mol. The molecule has 2 fully saturated rings. The number of aryl methyl sites for hydroxylation is 2. The van der Waals surface area contributed by atoms with Gasteiger partial charge in [-0.2, -0.15) is 0 Å². The third kappa shape index (κ3) is 6.11. The molecule has 1 atom stereocenters. The zero-order chi connectivity index (χ0) is 24.7. The molecule has 7 heteroatoms. The summed E-state index contributed by atoms with van der Waals surface area (Å²) in [6.45, 7) is 5.58. The predicted octanol–water partition coefficient (Wildman–Crippen LogP) is 4.36. The molecule has 34 heavy (non-hydrogen) atoms. The van der Waals surface area contributed by atoms with Crippen LogP contribution in [0.1, 0.15) is 60.9 Å². The van der Waals surface area contributed by atoms with Crippen LogP contribution in [0, 0.1) is 18.8 Å². The van der Waals surface area contributed by atoms with Crippen LogP contribution in [0.2, 0.25) is 0 Å². The Bertz CT molecular complexity index is 1000. The van der Waals surface area contributed by atoms with Gasteiger partial charge in [-0.25, -0.2) is 0 Å². The van der Waals surface area contributed by atoms with Crippen LogP contribution in [0.25, 0.3) is 0 Å². The van der Waals surface area contributed by atoms with Crippen LogP contribution in [-0.4, -0.2) is 52.2 Å². The molecule has 1 unspecified atom stereocenters. The van der Waals surface area contributed by atoms with Gasteiger partial charge in [0.05, 0.1) is 5.69 Å². The van der Waals surface area contributed by atoms with Crippen molar-refractivity contribution in [1.82, 2.24) is 15.2 Å². The molecule has 6 nitrogen and oxygen atoms in total. The number of carbonyl (C=O) groups excluding carboxylic acids is 1. The Kier molecular flexibility index (Phi) is 9.37. The number of likely N-dealkylation sites (tertiary alicyclic amines) is 1. The van der Waals surface area contributed by atoms with E-state index in [-0.39, 0.29) is 23.3 Å². The van der Waals surface area contributed by atoms with E-state index in [4.69, 9.17) is 4.98 Å². The highest BCUT2D eigenvalue weighted by Crippen LogP contribution is 2.46. The number of nitrogens with zero attached hydrogens (tertiary/aromatic N) is 2. The molecule has 2 saturated heterocycles. The average Bonchev–Trinajstić information content (AvgIpc) is 3.37. The maximum absolute atomic E-state index is 11.7. The van der Waals surface area contributed by atoms with E-state index in [9.17, 15) is 15.0 Å². The number of aromatic nitrogens is 1. The van der Waals surface area contributed by atoms with E-state index in [1.807, 2.05) is 11.1 Å². The van der Waals surface area contributed by atoms with Crippen LogP contribution in [-0.2, 0) is 17.6 Å². The lowest BCUT2D eigenvalue weighted by Gasteiger charge is -2.36. The minimum absolute atomic E-state index is 0.0275. The van der Waals surface area contributed by atoms with Crippen LogP contribution in [0.4, 0.5) is 0 Å². The molecular weight excluding hydrogens is 494 g/mol. The Morgan fingerprint density at radius 2 is 1.74 bits per heavy atom. The lowest BCUT2D eigenvalue weighted by atomic mass is 9.76. The molecule has 3 N–H and O–H groups in total. The first kappa shape index (κ1) is 26.1. The normalized spacial score (nSPS) is 19.4. The van der Waals surface area contributed by atoms with E-state index in [0.29, 0.717) is 5.92 Å². The smallest absolute Gasteiger partial charge is 0.219 e. The summed E-state index contributed by atoms with van der Waals surface area (Å²) in [5, 5.41) is 23.9. The molecule has 2 aliphatic heterocycles. The SMILES string of the molecule is C#C.C1CCNC1.CC(=O)N1CCC(C2c3ncc(Br)cc3CCc3cc(O)cc(O)c32)CC1. The van der Waals surface area contributed by atoms with Crippen LogP contribution in [0.5, 0.6) is 11.5 Å². The van der Waals surface area contributed by atoms with Crippen molar-refractivity contribution >= 4 is 21.8 Å². The number of pyridine rings is 1. The van der Waals surface area contributed by atoms with Gasteiger partial charge in [-0.15, -0.1) is 12.8 Å². The number of aromatic hydroxyl groups is 2. The quantitative estimate of drug-likeness (QED) is 0.479. The third-order valence-corrected chi connectivity index (χ3v) is 7.31. The summed E-state index contributed by atoms with van der Waals surface area (Å²) < 4.78 is 0.949. The van der Waals surface area contributed by atoms with E-state index in [1.165, 1.54) is 37.6 Å². The molecule has 0 spiro atoms. The van der Waals surface area contributed by atoms with Crippen molar-refractivity contribution in [2.75, 3.05) is 26.2 Å². The van der Waals surface area contributed by atoms with Gasteiger partial charge in [0.2, 0.25) is 5.91 Å². The topological polar surface area (TPSA) is 85.7 Å². The Morgan fingerprint density at radius 1 is 1.09 bits per heavy atom. The summed E-state index contributed by atoms with van der Waals surface area (Å²) in [6.07, 6.45) is 15.9. The summed E-state index contributed by atoms with van der Waals surface area (Å²) in [5.41, 5.74) is 4.07. The van der Waals surface area contributed by atoms with Crippen molar-refractivity contribution in [3.05, 3.63) is 51.3 Å². The van der Waals surface area contributed by atoms with Gasteiger partial charge in [-0.3, -0.25) is 9.78 Å². The minimum Gasteiger partial charge on any atom is -0.508 e. The highest BCUT2D eigenvalue weighted by Gasteiger charge is 2.36. The van der Waals surface area contributed by atoms with E-state index >= 15 is 0 Å². The second-order valence-corrected chi connectivity index (χ2v) is 9.93. The molecule has 1 aliphatic carbocycles. The molecule has 3 aliphatic rings. The number of nitrogens with one attached hydrogen (secondary N) is 1. The highest BCUT2D eigenvalue weighted by atomic mass is 79.9. The van der Waals surface area contributed by atoms with Gasteiger partial charge in [0.25, 0.3) is 0 Å². The molecule has 0 radical (unpaired) electrons. The molecule has 5 rings (SSSR count). The van der Waals surface area contributed by atoms with Crippen molar-refractivity contribution in [2.45, 2.75) is 51.4 Å². The standard InChI is InChI=1S/C21H23BrN2O3.C4H9N.C2H2/c1-12(25)24-6-4-13(5-7-24)20-19-14(9-17(26)10-18(19)27)2-3-15-8-16(22)11-23-21(15)20;1-2-4-5-3-1;1-2/h8-11,13,20,26-27H,2-7H2,1H3;5H,1-4H2;1-2H. The molecule has 1 amide bonds. The van der Waals surface area contributed by atoms with Gasteiger partial charge in [-0.05, 0) is 96.7 Å². The number of piperidine rings is 1. The number of hydrogen-bond donors (Lipinski definition) is 3. The number of amides is 1. The van der Waals surface area contributed by atoms with Gasteiger partial charge in [-0.1, -0.05) is 0 Å². The van der Waals surface area contributed by atoms with E-state index in [2.05, 4.69) is 40.2 Å². The Morgan fingerprint density at radius 3 is 2.32 bits per heavy atom. The first-order chi connectivity index (χ1) is 16.4. The summed E-state index contributed by atoms with van der Waals surface area (Å²) >= 11 is 3.52. The Hall–Kier alpha value is -2.56. The summed E-state index contributed by atoms with van der Waals surface area (Å²) in [7, 11) is 0. The molecular formula is C27H34BrN3O3. The maximum Gasteiger partial charge on any atom is 0.219 e. The minimum atomic E-state index is -0.0275. The number of phenols is 2. The Balaban J connectivity index is 0.000000404. The molecule has 0 saturated carbocycles. The number of hydrogen-bond acceptors (Lipinski definition) is 5. The number of halogens is 1. The van der Waals surface area contributed by atoms with Gasteiger partial charge in [0.1, 0.15) is 11.5 Å². The molecule has 3 heterocycles. The van der Waals surface area contributed by atoms with Crippen LogP contribution >= 0.6 is 15.9 Å². The predicted molar refractivity (Wildman–Crippen MR) is 138 cm³/mol. The van der Waals surface area contributed by atoms with Crippen LogP contribution in [0.15, 0.2) is 28.9 Å². The van der Waals surface area contributed by atoms with Gasteiger partial charge in [0, 0.05) is 48.2 Å². The molecule has 1 aromatic heterocycles. The second kappa shape index (κ2) is 12.2. The number of carbonyl (C=O) groups is 1. The number of phenolic OH excluding ortho intramolecular Hbond substituents is 2. The molecule has 1 aromatic carbocycles. The maximum atomic E-state index is 11.7. The van der Waals surface area contributed by atoms with Gasteiger partial charge < -0.3 is 20.4 Å². The summed E-state index contributed by atoms with van der Waals surface area (Å²) in [5.74, 6) is 0.614. The van der Waals surface area contributed by atoms with E-state index in [1.54, 1.807) is 13.0 Å². The number of rotatable bonds is 1. The summed E-state index contributed by atoms with van der Waals surface area (Å²) in [6, 6.07) is 5.32. The fraction of sp³-hybridized carbons (Fsp3) is 0.481. The lowest BCUT2D eigenvalue weighted by Crippen LogP contribution is -2.38. The zero-order valence-corrected chi connectivity index (χ0v) is 21.4. The van der Waals surface area contributed by atoms with Gasteiger partial charge in [0.15, 0.2) is 0 Å². The third-order valence-electron chi connectivity index (χ3n) is 6.88. The van der Waals surface area contributed by atoms with E-state index < -0.39 is 0 Å². The largest absolute Gasteiger partial charge is 0.508 e. The first-order valence-electron chi connectivity index (χ1n) is 11.9. The lowest BCUT2D eigenvalue weighted by molar-refractivity contribution is -0.130. The fourth-order valence-corrected chi connectivity index (χ4v) is 5.63. The summed E-state index contributed by atoms with van der Waals surface area (Å²) in [4.78, 5) is 18.3. The van der Waals surface area contributed by atoms with Crippen LogP contribution < -0.4 is 5.32 Å². The fourth-order valence-electron chi connectivity index (χ4n) is 5.26. The van der Waals surface area contributed by atoms with Crippen molar-refractivity contribution in [1.29, 1.82) is 0 Å². The van der Waals surface area contributed by atoms with E-state index in [0.717, 1.165) is 60.1 Å². The number of fused-ring (bicyclic) bond motifs is 2. The second-order valence-electron chi connectivity index (χ2n) is 9.01. The zero-order valence-electron chi connectivity index (χ0n) is 19.8. The van der Waals surface area contributed by atoms with Crippen molar-refractivity contribution in [2.24, 2.45) is 5.92 Å². The Labute approximate surface area is 210 Å². The number of terminal acetylenes is 1. The molecule has 0 bridgehead atoms. The highest BCUT2D eigenvalue weighted by molar-refractivity contribution is 9.10. The number of benzene rings is 1. The van der Waals surface area contributed by atoms with Crippen molar-refractivity contribution < 1.29 is 15.0 Å². The molecule has 182 valence electrons. The van der Waals surface area contributed by atoms with Crippen molar-refractivity contribution in [3.8, 4) is 24.3 Å². The van der Waals surface area contributed by atoms with Crippen LogP contribution in [0.3, 0.4) is 0 Å². The van der Waals surface area contributed by atoms with Gasteiger partial charge >= 0.3 is 0 Å².